The maximum absolute atomic E-state index is 12.6. The lowest BCUT2D eigenvalue weighted by atomic mass is 10.1. The molecule has 2 aromatic carbocycles. The lowest BCUT2D eigenvalue weighted by Crippen LogP contribution is -2.20. The van der Waals surface area contributed by atoms with Crippen molar-refractivity contribution in [2.24, 2.45) is 0 Å². The van der Waals surface area contributed by atoms with E-state index in [2.05, 4.69) is 25.9 Å². The van der Waals surface area contributed by atoms with Crippen molar-refractivity contribution in [1.82, 2.24) is 9.97 Å². The number of fused-ring (bicyclic) bond motifs is 1. The van der Waals surface area contributed by atoms with Crippen molar-refractivity contribution in [3.8, 4) is 0 Å². The molecule has 4 aromatic rings. The fourth-order valence-corrected chi connectivity index (χ4v) is 3.07. The Morgan fingerprint density at radius 2 is 1.74 bits per heavy atom. The van der Waals surface area contributed by atoms with Gasteiger partial charge in [-0.25, -0.2) is 9.78 Å². The Balaban J connectivity index is 1.48. The minimum Gasteiger partial charge on any atom is -0.422 e. The van der Waals surface area contributed by atoms with Crippen LogP contribution in [0.4, 0.5) is 23.1 Å². The molecule has 0 aliphatic heterocycles. The van der Waals surface area contributed by atoms with Gasteiger partial charge in [-0.1, -0.05) is 18.2 Å². The van der Waals surface area contributed by atoms with Gasteiger partial charge in [0.15, 0.2) is 0 Å². The van der Waals surface area contributed by atoms with E-state index in [4.69, 9.17) is 4.42 Å². The molecule has 0 saturated carbocycles. The number of nitrogens with zero attached hydrogens (tertiary/aromatic N) is 2. The number of para-hydroxylation sites is 1. The molecule has 0 spiro atoms. The molecule has 0 radical (unpaired) electrons. The van der Waals surface area contributed by atoms with Gasteiger partial charge in [-0.15, -0.1) is 0 Å². The second-order valence-corrected chi connectivity index (χ2v) is 6.89. The molecule has 0 atom stereocenters. The standard InChI is InChI=1S/C23H21N5O3/c1-3-24-23-25-14(2)12-20(28-23)26-16-8-10-17(11-9-16)27-21(29)18-13-15-6-4-5-7-19(15)31-22(18)30/h4-13H,3H2,1-2H3,(H,27,29)(H2,24,25,26,28). The van der Waals surface area contributed by atoms with Gasteiger partial charge in [-0.2, -0.15) is 4.98 Å². The maximum Gasteiger partial charge on any atom is 0.349 e. The molecule has 2 heterocycles. The van der Waals surface area contributed by atoms with E-state index in [1.807, 2.05) is 38.1 Å². The van der Waals surface area contributed by atoms with Crippen LogP contribution in [0.1, 0.15) is 23.0 Å². The number of benzene rings is 2. The van der Waals surface area contributed by atoms with E-state index in [1.165, 1.54) is 6.07 Å². The van der Waals surface area contributed by atoms with E-state index in [0.29, 0.717) is 28.4 Å². The molecular weight excluding hydrogens is 394 g/mol. The van der Waals surface area contributed by atoms with E-state index in [9.17, 15) is 9.59 Å². The fraction of sp³-hybridized carbons (Fsp3) is 0.130. The van der Waals surface area contributed by atoms with Crippen molar-refractivity contribution in [3.63, 3.8) is 0 Å². The average molecular weight is 415 g/mol. The van der Waals surface area contributed by atoms with E-state index in [1.54, 1.807) is 30.3 Å². The van der Waals surface area contributed by atoms with Crippen molar-refractivity contribution in [3.05, 3.63) is 82.3 Å². The van der Waals surface area contributed by atoms with Crippen LogP contribution in [0.15, 0.2) is 69.9 Å². The molecule has 0 fully saturated rings. The van der Waals surface area contributed by atoms with Crippen molar-refractivity contribution in [2.75, 3.05) is 22.5 Å². The van der Waals surface area contributed by atoms with Gasteiger partial charge in [-0.3, -0.25) is 4.79 Å². The van der Waals surface area contributed by atoms with Gasteiger partial charge in [0.1, 0.15) is 17.0 Å². The SMILES string of the molecule is CCNc1nc(C)cc(Nc2ccc(NC(=O)c3cc4ccccc4oc3=O)cc2)n1. The van der Waals surface area contributed by atoms with Crippen molar-refractivity contribution in [1.29, 1.82) is 0 Å². The minimum absolute atomic E-state index is 0.0479. The number of carbonyl (C=O) groups excluding carboxylic acids is 1. The molecular formula is C23H21N5O3. The zero-order valence-corrected chi connectivity index (χ0v) is 17.1. The Morgan fingerprint density at radius 3 is 2.52 bits per heavy atom. The quantitative estimate of drug-likeness (QED) is 0.402. The van der Waals surface area contributed by atoms with Crippen LogP contribution in [-0.4, -0.2) is 22.4 Å². The Hall–Kier alpha value is -4.20. The summed E-state index contributed by atoms with van der Waals surface area (Å²) in [4.78, 5) is 33.5. The third-order valence-corrected chi connectivity index (χ3v) is 4.49. The lowest BCUT2D eigenvalue weighted by Gasteiger charge is -2.10. The first-order chi connectivity index (χ1) is 15.0. The van der Waals surface area contributed by atoms with E-state index >= 15 is 0 Å². The van der Waals surface area contributed by atoms with Gasteiger partial charge in [0.2, 0.25) is 5.95 Å². The molecule has 156 valence electrons. The molecule has 0 saturated heterocycles. The Kier molecular flexibility index (Phi) is 5.61. The molecule has 8 heteroatoms. The summed E-state index contributed by atoms with van der Waals surface area (Å²) in [5.41, 5.74) is 1.90. The molecule has 2 aromatic heterocycles. The predicted molar refractivity (Wildman–Crippen MR) is 121 cm³/mol. The molecule has 1 amide bonds. The number of anilines is 4. The van der Waals surface area contributed by atoms with Crippen molar-refractivity contribution >= 4 is 40.0 Å². The molecule has 3 N–H and O–H groups in total. The van der Waals surface area contributed by atoms with Crippen LogP contribution >= 0.6 is 0 Å². The highest BCUT2D eigenvalue weighted by Gasteiger charge is 2.14. The number of aromatic nitrogens is 2. The summed E-state index contributed by atoms with van der Waals surface area (Å²) >= 11 is 0. The monoisotopic (exact) mass is 415 g/mol. The first kappa shape index (κ1) is 20.1. The smallest absolute Gasteiger partial charge is 0.349 e. The highest BCUT2D eigenvalue weighted by molar-refractivity contribution is 6.05. The van der Waals surface area contributed by atoms with Gasteiger partial charge in [0, 0.05) is 35.1 Å². The zero-order chi connectivity index (χ0) is 21.8. The zero-order valence-electron chi connectivity index (χ0n) is 17.1. The first-order valence-corrected chi connectivity index (χ1v) is 9.83. The summed E-state index contributed by atoms with van der Waals surface area (Å²) in [5, 5.41) is 9.72. The third kappa shape index (κ3) is 4.69. The van der Waals surface area contributed by atoms with Gasteiger partial charge in [-0.05, 0) is 50.2 Å². The number of nitrogens with one attached hydrogen (secondary N) is 3. The van der Waals surface area contributed by atoms with Gasteiger partial charge in [0.05, 0.1) is 0 Å². The molecule has 0 bridgehead atoms. The Morgan fingerprint density at radius 1 is 1.00 bits per heavy atom. The number of aryl methyl sites for hydroxylation is 1. The molecule has 0 unspecified atom stereocenters. The van der Waals surface area contributed by atoms with Gasteiger partial charge >= 0.3 is 5.63 Å². The number of amides is 1. The van der Waals surface area contributed by atoms with Gasteiger partial charge in [0.25, 0.3) is 5.91 Å². The predicted octanol–water partition coefficient (Wildman–Crippen LogP) is 4.32. The number of carbonyl (C=O) groups is 1. The van der Waals surface area contributed by atoms with Crippen LogP contribution in [0.3, 0.4) is 0 Å². The van der Waals surface area contributed by atoms with Crippen molar-refractivity contribution in [2.45, 2.75) is 13.8 Å². The summed E-state index contributed by atoms with van der Waals surface area (Å²) in [6, 6.07) is 17.5. The molecule has 31 heavy (non-hydrogen) atoms. The van der Waals surface area contributed by atoms with Crippen LogP contribution < -0.4 is 21.6 Å². The van der Waals surface area contributed by atoms with Crippen LogP contribution in [0.2, 0.25) is 0 Å². The molecule has 0 aliphatic rings. The number of rotatable bonds is 6. The summed E-state index contributed by atoms with van der Waals surface area (Å²) in [6.07, 6.45) is 0. The molecule has 4 rings (SSSR count). The lowest BCUT2D eigenvalue weighted by molar-refractivity contribution is 0.102. The largest absolute Gasteiger partial charge is 0.422 e. The third-order valence-electron chi connectivity index (χ3n) is 4.49. The average Bonchev–Trinajstić information content (AvgIpc) is 2.74. The minimum atomic E-state index is -0.676. The van der Waals surface area contributed by atoms with Crippen LogP contribution in [0, 0.1) is 6.92 Å². The fourth-order valence-electron chi connectivity index (χ4n) is 3.07. The maximum atomic E-state index is 12.6. The highest BCUT2D eigenvalue weighted by atomic mass is 16.4. The Bertz CT molecular complexity index is 1300. The van der Waals surface area contributed by atoms with E-state index in [-0.39, 0.29) is 5.56 Å². The second kappa shape index (κ2) is 8.66. The second-order valence-electron chi connectivity index (χ2n) is 6.89. The van der Waals surface area contributed by atoms with Crippen molar-refractivity contribution < 1.29 is 9.21 Å². The normalized spacial score (nSPS) is 10.6. The van der Waals surface area contributed by atoms with Crippen LogP contribution in [0.5, 0.6) is 0 Å². The Labute approximate surface area is 178 Å². The topological polar surface area (TPSA) is 109 Å². The van der Waals surface area contributed by atoms with Crippen LogP contribution in [0.25, 0.3) is 11.0 Å². The highest BCUT2D eigenvalue weighted by Crippen LogP contribution is 2.20. The van der Waals surface area contributed by atoms with E-state index in [0.717, 1.165) is 17.9 Å². The van der Waals surface area contributed by atoms with E-state index < -0.39 is 11.5 Å². The van der Waals surface area contributed by atoms with Crippen LogP contribution in [-0.2, 0) is 0 Å². The number of hydrogen-bond donors (Lipinski definition) is 3. The number of hydrogen-bond acceptors (Lipinski definition) is 7. The first-order valence-electron chi connectivity index (χ1n) is 9.83. The van der Waals surface area contributed by atoms with Gasteiger partial charge < -0.3 is 20.4 Å². The summed E-state index contributed by atoms with van der Waals surface area (Å²) in [7, 11) is 0. The summed E-state index contributed by atoms with van der Waals surface area (Å²) < 4.78 is 5.23. The molecule has 0 aliphatic carbocycles. The summed E-state index contributed by atoms with van der Waals surface area (Å²) in [5.74, 6) is 0.694. The molecule has 8 nitrogen and oxygen atoms in total. The summed E-state index contributed by atoms with van der Waals surface area (Å²) in [6.45, 7) is 4.61.